The van der Waals surface area contributed by atoms with Crippen LogP contribution < -0.4 is 5.32 Å². The molecule has 2 nitrogen and oxygen atoms in total. The minimum absolute atomic E-state index is 0.131. The quantitative estimate of drug-likeness (QED) is 0.467. The van der Waals surface area contributed by atoms with Crippen LogP contribution >= 0.6 is 22.6 Å². The molecular formula is C9H17INO+. The minimum Gasteiger partial charge on any atom is -0.353 e. The number of hydrogen-bond acceptors (Lipinski definition) is 1. The molecule has 1 N–H and O–H groups in total. The van der Waals surface area contributed by atoms with Crippen LogP contribution in [0, 0.1) is 12.3 Å². The molecule has 0 bridgehead atoms. The first-order valence-electron chi connectivity index (χ1n) is 4.25. The molecule has 0 saturated heterocycles. The average Bonchev–Trinajstić information content (AvgIpc) is 2.03. The van der Waals surface area contributed by atoms with Crippen molar-refractivity contribution in [1.82, 2.24) is 5.32 Å². The number of halogens is 1. The van der Waals surface area contributed by atoms with E-state index in [1.807, 2.05) is 6.92 Å². The third kappa shape index (κ3) is 5.69. The molecule has 2 unspecified atom stereocenters. The van der Waals surface area contributed by atoms with Gasteiger partial charge in [0.15, 0.2) is 0 Å². The van der Waals surface area contributed by atoms with Crippen molar-refractivity contribution in [3.8, 4) is 0 Å². The van der Waals surface area contributed by atoms with E-state index in [1.54, 1.807) is 0 Å². The summed E-state index contributed by atoms with van der Waals surface area (Å²) in [7, 11) is 0. The molecular weight excluding hydrogens is 265 g/mol. The Hall–Kier alpha value is 0.0700. The topological polar surface area (TPSA) is 29.1 Å². The zero-order valence-electron chi connectivity index (χ0n) is 7.93. The molecule has 0 rings (SSSR count). The number of nitrogens with one attached hydrogen (secondary N) is 1. The number of alkyl halides is 1. The Morgan fingerprint density at radius 1 is 1.58 bits per heavy atom. The van der Waals surface area contributed by atoms with Crippen LogP contribution in [0.25, 0.3) is 0 Å². The zero-order chi connectivity index (χ0) is 9.56. The van der Waals surface area contributed by atoms with Crippen LogP contribution in [-0.2, 0) is 4.79 Å². The van der Waals surface area contributed by atoms with Gasteiger partial charge in [0.25, 0.3) is 0 Å². The van der Waals surface area contributed by atoms with Gasteiger partial charge >= 0.3 is 0 Å². The Morgan fingerprint density at radius 2 is 2.17 bits per heavy atom. The Labute approximate surface area is 88.6 Å². The molecule has 3 heteroatoms. The molecule has 0 aromatic rings. The molecule has 0 aliphatic heterocycles. The third-order valence-electron chi connectivity index (χ3n) is 1.82. The summed E-state index contributed by atoms with van der Waals surface area (Å²) in [4.78, 5) is 11.0. The van der Waals surface area contributed by atoms with E-state index in [0.29, 0.717) is 16.4 Å². The standard InChI is InChI=1S/C9H16INO/c1-4-7(2)5-8(3)11-9(12)6-10/h4,7-8H,5-6H2,1-3H3/p+1. The van der Waals surface area contributed by atoms with Crippen molar-refractivity contribution < 1.29 is 4.79 Å². The van der Waals surface area contributed by atoms with Crippen molar-refractivity contribution in [2.45, 2.75) is 33.2 Å². The highest BCUT2D eigenvalue weighted by Gasteiger charge is 2.13. The summed E-state index contributed by atoms with van der Waals surface area (Å²) >= 11 is 2.07. The Kier molecular flexibility index (Phi) is 6.61. The second-order valence-corrected chi connectivity index (χ2v) is 3.91. The van der Waals surface area contributed by atoms with Gasteiger partial charge < -0.3 is 5.32 Å². The maximum absolute atomic E-state index is 11.0. The number of rotatable bonds is 5. The largest absolute Gasteiger partial charge is 0.353 e. The van der Waals surface area contributed by atoms with Crippen LogP contribution in [0.1, 0.15) is 27.2 Å². The van der Waals surface area contributed by atoms with Gasteiger partial charge in [0.1, 0.15) is 0 Å². The molecule has 70 valence electrons. The van der Waals surface area contributed by atoms with Crippen LogP contribution in [0.15, 0.2) is 0 Å². The third-order valence-corrected chi connectivity index (χ3v) is 2.52. The monoisotopic (exact) mass is 282 g/mol. The maximum atomic E-state index is 11.0. The van der Waals surface area contributed by atoms with E-state index in [-0.39, 0.29) is 5.91 Å². The highest BCUT2D eigenvalue weighted by molar-refractivity contribution is 14.1. The van der Waals surface area contributed by atoms with Crippen LogP contribution in [-0.4, -0.2) is 16.4 Å². The van der Waals surface area contributed by atoms with Crippen LogP contribution in [0.2, 0.25) is 0 Å². The summed E-state index contributed by atoms with van der Waals surface area (Å²) in [6, 6.07) is 0.290. The van der Waals surface area contributed by atoms with E-state index in [4.69, 9.17) is 0 Å². The fourth-order valence-electron chi connectivity index (χ4n) is 1.07. The second kappa shape index (κ2) is 6.57. The van der Waals surface area contributed by atoms with Gasteiger partial charge in [-0.25, -0.2) is 0 Å². The smallest absolute Gasteiger partial charge is 0.230 e. The number of carbonyl (C=O) groups excluding carboxylic acids is 1. The number of amides is 1. The van der Waals surface area contributed by atoms with Gasteiger partial charge in [-0.3, -0.25) is 4.79 Å². The van der Waals surface area contributed by atoms with Gasteiger partial charge in [-0.2, -0.15) is 0 Å². The minimum atomic E-state index is 0.131. The highest BCUT2D eigenvalue weighted by Crippen LogP contribution is 2.08. The molecule has 0 aliphatic rings. The number of hydrogen-bond donors (Lipinski definition) is 1. The molecule has 0 saturated carbocycles. The van der Waals surface area contributed by atoms with Crippen molar-refractivity contribution in [3.05, 3.63) is 6.42 Å². The normalized spacial score (nSPS) is 15.0. The molecule has 0 heterocycles. The lowest BCUT2D eigenvalue weighted by molar-refractivity contribution is -0.118. The van der Waals surface area contributed by atoms with Gasteiger partial charge in [0.2, 0.25) is 5.91 Å². The van der Waals surface area contributed by atoms with Crippen molar-refractivity contribution >= 4 is 28.5 Å². The lowest BCUT2D eigenvalue weighted by Gasteiger charge is -2.13. The first kappa shape index (κ1) is 12.1. The lowest BCUT2D eigenvalue weighted by Crippen LogP contribution is -2.34. The first-order chi connectivity index (χ1) is 5.60. The highest BCUT2D eigenvalue weighted by atomic mass is 127. The summed E-state index contributed by atoms with van der Waals surface area (Å²) in [5.74, 6) is 0.709. The summed E-state index contributed by atoms with van der Waals surface area (Å²) in [5.41, 5.74) is 0. The van der Waals surface area contributed by atoms with E-state index in [1.165, 1.54) is 0 Å². The lowest BCUT2D eigenvalue weighted by atomic mass is 10.0. The summed E-state index contributed by atoms with van der Waals surface area (Å²) in [6.07, 6.45) is 3.19. The van der Waals surface area contributed by atoms with E-state index in [2.05, 4.69) is 48.2 Å². The van der Waals surface area contributed by atoms with Crippen LogP contribution in [0.5, 0.6) is 0 Å². The molecule has 0 radical (unpaired) electrons. The Morgan fingerprint density at radius 3 is 2.58 bits per heavy atom. The van der Waals surface area contributed by atoms with Gasteiger partial charge in [0, 0.05) is 12.5 Å². The van der Waals surface area contributed by atoms with Crippen LogP contribution in [0.4, 0.5) is 0 Å². The van der Waals surface area contributed by atoms with Gasteiger partial charge in [-0.05, 0) is 13.8 Å². The molecule has 0 spiro atoms. The first-order valence-corrected chi connectivity index (χ1v) is 5.77. The summed E-state index contributed by atoms with van der Waals surface area (Å²) in [5, 5.41) is 2.93. The molecule has 0 aromatic carbocycles. The average molecular weight is 282 g/mol. The predicted octanol–water partition coefficient (Wildman–Crippen LogP) is 2.18. The van der Waals surface area contributed by atoms with Crippen molar-refractivity contribution in [1.29, 1.82) is 0 Å². The molecule has 12 heavy (non-hydrogen) atoms. The van der Waals surface area contributed by atoms with Gasteiger partial charge in [-0.1, -0.05) is 22.6 Å². The van der Waals surface area contributed by atoms with E-state index >= 15 is 0 Å². The van der Waals surface area contributed by atoms with E-state index in [9.17, 15) is 4.79 Å². The summed E-state index contributed by atoms with van der Waals surface area (Å²) in [6.45, 7) is 6.26. The van der Waals surface area contributed by atoms with Gasteiger partial charge in [0.05, 0.1) is 23.7 Å². The van der Waals surface area contributed by atoms with Crippen molar-refractivity contribution in [3.63, 3.8) is 0 Å². The Bertz CT molecular complexity index is 138. The molecule has 0 aliphatic carbocycles. The Balaban J connectivity index is 3.58. The fourth-order valence-corrected chi connectivity index (χ4v) is 1.29. The van der Waals surface area contributed by atoms with E-state index < -0.39 is 0 Å². The number of carbonyl (C=O) groups is 1. The van der Waals surface area contributed by atoms with Crippen LogP contribution in [0.3, 0.4) is 0 Å². The van der Waals surface area contributed by atoms with Gasteiger partial charge in [-0.15, -0.1) is 0 Å². The molecule has 2 atom stereocenters. The fraction of sp³-hybridized carbons (Fsp3) is 0.778. The maximum Gasteiger partial charge on any atom is 0.230 e. The molecule has 1 amide bonds. The SMILES string of the molecule is C[CH+]C(C)CC(C)NC(=O)CI. The van der Waals surface area contributed by atoms with E-state index in [0.717, 1.165) is 6.42 Å². The summed E-state index contributed by atoms with van der Waals surface area (Å²) < 4.78 is 0.548. The van der Waals surface area contributed by atoms with Crippen molar-refractivity contribution in [2.75, 3.05) is 4.43 Å². The predicted molar refractivity (Wildman–Crippen MR) is 60.2 cm³/mol. The second-order valence-electron chi connectivity index (χ2n) is 3.15. The molecule has 0 aromatic heterocycles. The molecule has 0 fully saturated rings. The zero-order valence-corrected chi connectivity index (χ0v) is 10.1. The van der Waals surface area contributed by atoms with Crippen molar-refractivity contribution in [2.24, 2.45) is 5.92 Å².